The van der Waals surface area contributed by atoms with Crippen molar-refractivity contribution in [1.82, 2.24) is 9.21 Å². The van der Waals surface area contributed by atoms with Crippen molar-refractivity contribution >= 4 is 60.9 Å². The van der Waals surface area contributed by atoms with Crippen LogP contribution in [-0.2, 0) is 21.4 Å². The van der Waals surface area contributed by atoms with Crippen LogP contribution in [0.1, 0.15) is 15.7 Å². The number of fused-ring (bicyclic) bond motifs is 1. The van der Waals surface area contributed by atoms with E-state index in [0.29, 0.717) is 23.0 Å². The molecule has 1 aliphatic rings. The van der Waals surface area contributed by atoms with Gasteiger partial charge in [-0.15, -0.1) is 17.9 Å². The number of benzene rings is 2. The van der Waals surface area contributed by atoms with Gasteiger partial charge in [0.2, 0.25) is 10.0 Å². The van der Waals surface area contributed by atoms with Gasteiger partial charge in [-0.1, -0.05) is 41.4 Å². The van der Waals surface area contributed by atoms with Crippen molar-refractivity contribution in [3.63, 3.8) is 0 Å². The van der Waals surface area contributed by atoms with Crippen molar-refractivity contribution in [2.45, 2.75) is 17.8 Å². The lowest BCUT2D eigenvalue weighted by molar-refractivity contribution is -0.114. The second-order valence-corrected chi connectivity index (χ2v) is 11.9. The third-order valence-electron chi connectivity index (χ3n) is 5.73. The number of carbonyl (C=O) groups is 1. The SMILES string of the molecule is C=CC(c1cc2ccc(Cl)cc2s1)S(=O)(=O)N1CCN(Cc2ccc(Cl)c(O)c2)C(C=O)C1. The third-order valence-corrected chi connectivity index (χ3v) is 9.75. The minimum absolute atomic E-state index is 0.0310. The molecule has 1 aliphatic heterocycles. The first kappa shape index (κ1) is 24.2. The van der Waals surface area contributed by atoms with Gasteiger partial charge in [0.25, 0.3) is 0 Å². The van der Waals surface area contributed by atoms with Crippen LogP contribution >= 0.6 is 34.5 Å². The summed E-state index contributed by atoms with van der Waals surface area (Å²) in [5, 5.41) is 10.7. The molecule has 0 saturated carbocycles. The van der Waals surface area contributed by atoms with Crippen LogP contribution in [0.3, 0.4) is 0 Å². The van der Waals surface area contributed by atoms with Crippen LogP contribution in [0.4, 0.5) is 0 Å². The predicted octanol–water partition coefficient (Wildman–Crippen LogP) is 4.86. The molecule has 33 heavy (non-hydrogen) atoms. The third kappa shape index (κ3) is 4.96. The molecule has 1 aromatic heterocycles. The summed E-state index contributed by atoms with van der Waals surface area (Å²) in [6, 6.07) is 11.6. The average molecular weight is 525 g/mol. The second kappa shape index (κ2) is 9.74. The van der Waals surface area contributed by atoms with E-state index >= 15 is 0 Å². The molecule has 0 radical (unpaired) electrons. The quantitative estimate of drug-likeness (QED) is 0.352. The maximum Gasteiger partial charge on any atom is 0.225 e. The molecule has 2 unspecified atom stereocenters. The van der Waals surface area contributed by atoms with E-state index in [2.05, 4.69) is 6.58 Å². The Labute approximate surface area is 206 Å². The Morgan fingerprint density at radius 1 is 1.18 bits per heavy atom. The number of phenolic OH excluding ortho intramolecular Hbond substituents is 1. The number of aldehydes is 1. The minimum atomic E-state index is -3.79. The minimum Gasteiger partial charge on any atom is -0.506 e. The number of sulfonamides is 1. The molecule has 1 fully saturated rings. The normalized spacial score (nSPS) is 18.9. The first-order valence-electron chi connectivity index (χ1n) is 10.2. The van der Waals surface area contributed by atoms with Gasteiger partial charge in [-0.3, -0.25) is 4.90 Å². The molecule has 10 heteroatoms. The Morgan fingerprint density at radius 2 is 1.97 bits per heavy atom. The molecule has 4 rings (SSSR count). The van der Waals surface area contributed by atoms with Gasteiger partial charge in [0.15, 0.2) is 0 Å². The lowest BCUT2D eigenvalue weighted by Crippen LogP contribution is -2.55. The van der Waals surface area contributed by atoms with Crippen LogP contribution < -0.4 is 0 Å². The molecule has 0 spiro atoms. The van der Waals surface area contributed by atoms with Crippen molar-refractivity contribution in [3.8, 4) is 5.75 Å². The molecule has 6 nitrogen and oxygen atoms in total. The van der Waals surface area contributed by atoms with Gasteiger partial charge in [0, 0.05) is 40.8 Å². The molecule has 2 aromatic carbocycles. The van der Waals surface area contributed by atoms with E-state index in [-0.39, 0.29) is 23.9 Å². The number of nitrogens with zero attached hydrogens (tertiary/aromatic N) is 2. The summed E-state index contributed by atoms with van der Waals surface area (Å²) in [5.41, 5.74) is 0.785. The van der Waals surface area contributed by atoms with Crippen LogP contribution in [0.2, 0.25) is 10.0 Å². The molecule has 1 saturated heterocycles. The van der Waals surface area contributed by atoms with Gasteiger partial charge in [0.1, 0.15) is 17.3 Å². The lowest BCUT2D eigenvalue weighted by atomic mass is 10.1. The number of hydrogen-bond donors (Lipinski definition) is 1. The van der Waals surface area contributed by atoms with E-state index in [1.54, 1.807) is 24.3 Å². The standard InChI is InChI=1S/C23H22Cl2N2O4S2/c1-2-23(22-10-16-4-5-17(24)11-21(16)32-22)33(30,31)27-8-7-26(18(13-27)14-28)12-15-3-6-19(25)20(29)9-15/h2-6,9-11,14,18,23,29H,1,7-8,12-13H2. The molecule has 2 heterocycles. The first-order valence-corrected chi connectivity index (χ1v) is 13.3. The monoisotopic (exact) mass is 524 g/mol. The Morgan fingerprint density at radius 3 is 2.67 bits per heavy atom. The predicted molar refractivity (Wildman–Crippen MR) is 134 cm³/mol. The highest BCUT2D eigenvalue weighted by Crippen LogP contribution is 2.37. The number of thiophene rings is 1. The first-order chi connectivity index (χ1) is 15.7. The van der Waals surface area contributed by atoms with E-state index in [1.165, 1.54) is 21.7 Å². The molecule has 3 aromatic rings. The Hall–Kier alpha value is -1.94. The fourth-order valence-corrected chi connectivity index (χ4v) is 7.55. The maximum atomic E-state index is 13.5. The number of halogens is 2. The van der Waals surface area contributed by atoms with Crippen molar-refractivity contribution in [1.29, 1.82) is 0 Å². The highest BCUT2D eigenvalue weighted by Gasteiger charge is 2.38. The number of carbonyl (C=O) groups excluding carboxylic acids is 1. The van der Waals surface area contributed by atoms with Gasteiger partial charge < -0.3 is 9.90 Å². The lowest BCUT2D eigenvalue weighted by Gasteiger charge is -2.39. The number of phenols is 1. The van der Waals surface area contributed by atoms with Crippen molar-refractivity contribution in [2.75, 3.05) is 19.6 Å². The summed E-state index contributed by atoms with van der Waals surface area (Å²) in [5.74, 6) is -0.0310. The molecule has 2 atom stereocenters. The molecule has 0 bridgehead atoms. The van der Waals surface area contributed by atoms with E-state index < -0.39 is 21.3 Å². The zero-order valence-electron chi connectivity index (χ0n) is 17.5. The summed E-state index contributed by atoms with van der Waals surface area (Å²) >= 11 is 13.3. The average Bonchev–Trinajstić information content (AvgIpc) is 3.19. The Balaban J connectivity index is 1.54. The molecule has 0 aliphatic carbocycles. The molecular formula is C23H22Cl2N2O4S2. The van der Waals surface area contributed by atoms with E-state index in [4.69, 9.17) is 23.2 Å². The van der Waals surface area contributed by atoms with E-state index in [1.807, 2.05) is 23.1 Å². The summed E-state index contributed by atoms with van der Waals surface area (Å²) in [6.07, 6.45) is 2.20. The zero-order chi connectivity index (χ0) is 23.8. The van der Waals surface area contributed by atoms with Gasteiger partial charge in [-0.25, -0.2) is 8.42 Å². The van der Waals surface area contributed by atoms with E-state index in [0.717, 1.165) is 21.9 Å². The highest BCUT2D eigenvalue weighted by molar-refractivity contribution is 7.89. The molecular weight excluding hydrogens is 503 g/mol. The largest absolute Gasteiger partial charge is 0.506 e. The van der Waals surface area contributed by atoms with Gasteiger partial charge in [0.05, 0.1) is 11.1 Å². The fourth-order valence-electron chi connectivity index (χ4n) is 3.98. The summed E-state index contributed by atoms with van der Waals surface area (Å²) in [4.78, 5) is 14.4. The maximum absolute atomic E-state index is 13.5. The number of rotatable bonds is 7. The molecule has 1 N–H and O–H groups in total. The topological polar surface area (TPSA) is 77.9 Å². The van der Waals surface area contributed by atoms with Crippen molar-refractivity contribution in [3.05, 3.63) is 75.6 Å². The number of hydrogen-bond acceptors (Lipinski definition) is 6. The number of aromatic hydroxyl groups is 1. The molecule has 174 valence electrons. The Bertz CT molecular complexity index is 1310. The summed E-state index contributed by atoms with van der Waals surface area (Å²) < 4.78 is 29.3. The van der Waals surface area contributed by atoms with E-state index in [9.17, 15) is 18.3 Å². The molecule has 0 amide bonds. The van der Waals surface area contributed by atoms with Gasteiger partial charge in [-0.2, -0.15) is 4.31 Å². The van der Waals surface area contributed by atoms with Crippen LogP contribution in [0.15, 0.2) is 55.1 Å². The van der Waals surface area contributed by atoms with Crippen LogP contribution in [0.25, 0.3) is 10.1 Å². The zero-order valence-corrected chi connectivity index (χ0v) is 20.7. The van der Waals surface area contributed by atoms with Crippen LogP contribution in [0.5, 0.6) is 5.75 Å². The van der Waals surface area contributed by atoms with Crippen LogP contribution in [0, 0.1) is 0 Å². The van der Waals surface area contributed by atoms with Gasteiger partial charge >= 0.3 is 0 Å². The fraction of sp³-hybridized carbons (Fsp3) is 0.261. The highest BCUT2D eigenvalue weighted by atomic mass is 35.5. The van der Waals surface area contributed by atoms with Crippen molar-refractivity contribution < 1.29 is 18.3 Å². The second-order valence-electron chi connectivity index (χ2n) is 7.85. The number of piperazine rings is 1. The van der Waals surface area contributed by atoms with Gasteiger partial charge in [-0.05, 0) is 41.3 Å². The smallest absolute Gasteiger partial charge is 0.225 e. The van der Waals surface area contributed by atoms with Crippen LogP contribution in [-0.4, -0.2) is 54.7 Å². The summed E-state index contributed by atoms with van der Waals surface area (Å²) in [7, 11) is -3.79. The Kier molecular flexibility index (Phi) is 7.14. The van der Waals surface area contributed by atoms with Crippen molar-refractivity contribution in [2.24, 2.45) is 0 Å². The summed E-state index contributed by atoms with van der Waals surface area (Å²) in [6.45, 7) is 4.83.